The Labute approximate surface area is 205 Å². The highest BCUT2D eigenvalue weighted by atomic mass is 19.1. The molecule has 1 atom stereocenters. The summed E-state index contributed by atoms with van der Waals surface area (Å²) >= 11 is 0. The number of ether oxygens (including phenoxy) is 2. The van der Waals surface area contributed by atoms with E-state index in [2.05, 4.69) is 5.32 Å². The summed E-state index contributed by atoms with van der Waals surface area (Å²) < 4.78 is 24.5. The highest BCUT2D eigenvalue weighted by molar-refractivity contribution is 5.89. The minimum atomic E-state index is -0.889. The molecule has 0 fully saturated rings. The van der Waals surface area contributed by atoms with E-state index in [1.54, 1.807) is 24.3 Å². The Balaban J connectivity index is 1.85. The van der Waals surface area contributed by atoms with Crippen molar-refractivity contribution in [3.8, 4) is 5.75 Å². The van der Waals surface area contributed by atoms with Crippen LogP contribution in [-0.2, 0) is 20.9 Å². The van der Waals surface area contributed by atoms with Gasteiger partial charge in [-0.25, -0.2) is 4.39 Å². The molecule has 0 aliphatic carbocycles. The quantitative estimate of drug-likeness (QED) is 0.367. The molecule has 0 saturated carbocycles. The molecule has 0 saturated heterocycles. The summed E-state index contributed by atoms with van der Waals surface area (Å²) in [5.41, 5.74) is 1.37. The number of carbonyl (C=O) groups is 2. The average molecular weight is 479 g/mol. The fourth-order valence-electron chi connectivity index (χ4n) is 3.59. The van der Waals surface area contributed by atoms with Gasteiger partial charge in [-0.2, -0.15) is 0 Å². The SMILES string of the molecule is CCOCCCNC(=O)[C@H](c1ccccc1)N(Cc1ccc(F)cc1)C(=O)COc1ccccc1. The van der Waals surface area contributed by atoms with Crippen LogP contribution in [0.25, 0.3) is 0 Å². The van der Waals surface area contributed by atoms with E-state index in [4.69, 9.17) is 9.47 Å². The van der Waals surface area contributed by atoms with Gasteiger partial charge in [0.05, 0.1) is 0 Å². The second kappa shape index (κ2) is 13.9. The summed E-state index contributed by atoms with van der Waals surface area (Å²) in [6.45, 7) is 3.36. The molecule has 2 amide bonds. The predicted molar refractivity (Wildman–Crippen MR) is 132 cm³/mol. The van der Waals surface area contributed by atoms with Gasteiger partial charge in [-0.15, -0.1) is 0 Å². The highest BCUT2D eigenvalue weighted by Crippen LogP contribution is 2.24. The summed E-state index contributed by atoms with van der Waals surface area (Å²) in [7, 11) is 0. The van der Waals surface area contributed by atoms with Gasteiger partial charge in [0, 0.05) is 26.3 Å². The molecule has 1 N–H and O–H groups in total. The topological polar surface area (TPSA) is 67.9 Å². The number of nitrogens with zero attached hydrogens (tertiary/aromatic N) is 1. The number of hydrogen-bond donors (Lipinski definition) is 1. The van der Waals surface area contributed by atoms with Crippen molar-refractivity contribution in [2.75, 3.05) is 26.4 Å². The van der Waals surface area contributed by atoms with Gasteiger partial charge in [0.1, 0.15) is 17.6 Å². The first-order valence-corrected chi connectivity index (χ1v) is 11.7. The maximum atomic E-state index is 13.5. The lowest BCUT2D eigenvalue weighted by molar-refractivity contribution is -0.143. The molecule has 0 bridgehead atoms. The van der Waals surface area contributed by atoms with Crippen LogP contribution < -0.4 is 10.1 Å². The van der Waals surface area contributed by atoms with Crippen molar-refractivity contribution < 1.29 is 23.5 Å². The van der Waals surface area contributed by atoms with Crippen LogP contribution in [0.15, 0.2) is 84.9 Å². The van der Waals surface area contributed by atoms with E-state index in [0.717, 1.165) is 0 Å². The molecular weight excluding hydrogens is 447 g/mol. The van der Waals surface area contributed by atoms with Crippen molar-refractivity contribution >= 4 is 11.8 Å². The predicted octanol–water partition coefficient (Wildman–Crippen LogP) is 4.52. The number of amides is 2. The first-order chi connectivity index (χ1) is 17.1. The molecule has 3 aromatic carbocycles. The molecule has 0 heterocycles. The number of benzene rings is 3. The molecule has 0 radical (unpaired) electrons. The Hall–Kier alpha value is -3.71. The zero-order chi connectivity index (χ0) is 24.9. The monoisotopic (exact) mass is 478 g/mol. The molecule has 0 spiro atoms. The van der Waals surface area contributed by atoms with E-state index in [1.165, 1.54) is 17.0 Å². The number of rotatable bonds is 13. The molecule has 3 aromatic rings. The standard InChI is InChI=1S/C28H31FN2O4/c1-2-34-19-9-18-30-28(33)27(23-10-5-3-6-11-23)31(20-22-14-16-24(29)17-15-22)26(32)21-35-25-12-7-4-8-13-25/h3-8,10-17,27H,2,9,18-21H2,1H3,(H,30,33)/t27-/m0/s1. The average Bonchev–Trinajstić information content (AvgIpc) is 2.89. The Morgan fingerprint density at radius 2 is 1.60 bits per heavy atom. The fraction of sp³-hybridized carbons (Fsp3) is 0.286. The van der Waals surface area contributed by atoms with Crippen LogP contribution in [0.2, 0.25) is 0 Å². The third-order valence-electron chi connectivity index (χ3n) is 5.34. The molecule has 35 heavy (non-hydrogen) atoms. The Kier molecular flexibility index (Phi) is 10.3. The van der Waals surface area contributed by atoms with Crippen molar-refractivity contribution in [2.24, 2.45) is 0 Å². The summed E-state index contributed by atoms with van der Waals surface area (Å²) in [6.07, 6.45) is 0.657. The molecule has 6 nitrogen and oxygen atoms in total. The highest BCUT2D eigenvalue weighted by Gasteiger charge is 2.31. The molecule has 7 heteroatoms. The molecule has 184 valence electrons. The maximum absolute atomic E-state index is 13.5. The van der Waals surface area contributed by atoms with Gasteiger partial charge < -0.3 is 19.7 Å². The van der Waals surface area contributed by atoms with E-state index in [1.807, 2.05) is 55.5 Å². The van der Waals surface area contributed by atoms with Crippen molar-refractivity contribution in [1.82, 2.24) is 10.2 Å². The van der Waals surface area contributed by atoms with Gasteiger partial charge in [0.15, 0.2) is 6.61 Å². The van der Waals surface area contributed by atoms with Gasteiger partial charge >= 0.3 is 0 Å². The van der Waals surface area contributed by atoms with Gasteiger partial charge in [-0.05, 0) is 48.7 Å². The van der Waals surface area contributed by atoms with E-state index >= 15 is 0 Å². The van der Waals surface area contributed by atoms with Crippen LogP contribution in [0.3, 0.4) is 0 Å². The van der Waals surface area contributed by atoms with Crippen LogP contribution in [0.5, 0.6) is 5.75 Å². The van der Waals surface area contributed by atoms with Crippen molar-refractivity contribution in [3.05, 3.63) is 102 Å². The zero-order valence-electron chi connectivity index (χ0n) is 19.9. The minimum absolute atomic E-state index is 0.114. The van der Waals surface area contributed by atoms with Gasteiger partial charge in [0.25, 0.3) is 5.91 Å². The number of halogens is 1. The molecule has 0 aliphatic heterocycles. The minimum Gasteiger partial charge on any atom is -0.484 e. The van der Waals surface area contributed by atoms with E-state index < -0.39 is 6.04 Å². The lowest BCUT2D eigenvalue weighted by Gasteiger charge is -2.31. The second-order valence-corrected chi connectivity index (χ2v) is 7.90. The molecule has 0 unspecified atom stereocenters. The molecular formula is C28H31FN2O4. The number of para-hydroxylation sites is 1. The lowest BCUT2D eigenvalue weighted by Crippen LogP contribution is -2.45. The molecule has 0 aliphatic rings. The fourth-order valence-corrected chi connectivity index (χ4v) is 3.59. The van der Waals surface area contributed by atoms with Crippen LogP contribution >= 0.6 is 0 Å². The normalized spacial score (nSPS) is 11.5. The Morgan fingerprint density at radius 3 is 2.26 bits per heavy atom. The summed E-state index contributed by atoms with van der Waals surface area (Å²) in [4.78, 5) is 28.3. The van der Waals surface area contributed by atoms with Crippen LogP contribution in [-0.4, -0.2) is 43.1 Å². The number of hydrogen-bond acceptors (Lipinski definition) is 4. The number of nitrogens with one attached hydrogen (secondary N) is 1. The third-order valence-corrected chi connectivity index (χ3v) is 5.34. The van der Waals surface area contributed by atoms with Crippen LogP contribution in [0.1, 0.15) is 30.5 Å². The second-order valence-electron chi connectivity index (χ2n) is 7.90. The third kappa shape index (κ3) is 8.22. The number of carbonyl (C=O) groups excluding carboxylic acids is 2. The summed E-state index contributed by atoms with van der Waals surface area (Å²) in [6, 6.07) is 23.1. The molecule has 0 aromatic heterocycles. The van der Waals surface area contributed by atoms with Crippen molar-refractivity contribution in [2.45, 2.75) is 25.9 Å². The van der Waals surface area contributed by atoms with E-state index in [9.17, 15) is 14.0 Å². The Morgan fingerprint density at radius 1 is 0.943 bits per heavy atom. The van der Waals surface area contributed by atoms with E-state index in [0.29, 0.717) is 43.1 Å². The summed E-state index contributed by atoms with van der Waals surface area (Å²) in [5, 5.41) is 2.93. The zero-order valence-corrected chi connectivity index (χ0v) is 19.9. The van der Waals surface area contributed by atoms with E-state index in [-0.39, 0.29) is 30.8 Å². The Bertz CT molecular complexity index is 1050. The van der Waals surface area contributed by atoms with Crippen molar-refractivity contribution in [3.63, 3.8) is 0 Å². The largest absolute Gasteiger partial charge is 0.484 e. The first kappa shape index (κ1) is 25.9. The van der Waals surface area contributed by atoms with Crippen LogP contribution in [0, 0.1) is 5.82 Å². The van der Waals surface area contributed by atoms with Gasteiger partial charge in [-0.1, -0.05) is 60.7 Å². The van der Waals surface area contributed by atoms with Crippen LogP contribution in [0.4, 0.5) is 4.39 Å². The maximum Gasteiger partial charge on any atom is 0.261 e. The summed E-state index contributed by atoms with van der Waals surface area (Å²) in [5.74, 6) is -0.482. The first-order valence-electron chi connectivity index (χ1n) is 11.7. The lowest BCUT2D eigenvalue weighted by atomic mass is 10.0. The molecule has 3 rings (SSSR count). The van der Waals surface area contributed by atoms with Gasteiger partial charge in [0.2, 0.25) is 5.91 Å². The van der Waals surface area contributed by atoms with Crippen molar-refractivity contribution in [1.29, 1.82) is 0 Å². The smallest absolute Gasteiger partial charge is 0.261 e. The van der Waals surface area contributed by atoms with Gasteiger partial charge in [-0.3, -0.25) is 9.59 Å².